The van der Waals surface area contributed by atoms with Gasteiger partial charge in [0.2, 0.25) is 5.91 Å². The minimum atomic E-state index is -1.27. The Labute approximate surface area is 63.4 Å². The van der Waals surface area contributed by atoms with Crippen molar-refractivity contribution in [3.05, 3.63) is 0 Å². The number of carboxylic acids is 1. The van der Waals surface area contributed by atoms with Gasteiger partial charge in [-0.25, -0.2) is 0 Å². The number of amides is 1. The largest absolute Gasteiger partial charge is 0.481 e. The standard InChI is InChI=1S/C6H9NO4/c1-7-5(9)2-4(3-8)6(10)11/h3-4H,2H2,1H3,(H,7,9)(H,10,11). The highest BCUT2D eigenvalue weighted by atomic mass is 16.4. The van der Waals surface area contributed by atoms with Gasteiger partial charge >= 0.3 is 5.97 Å². The lowest BCUT2D eigenvalue weighted by atomic mass is 10.1. The minimum absolute atomic E-state index is 0.248. The van der Waals surface area contributed by atoms with Crippen molar-refractivity contribution in [2.75, 3.05) is 7.05 Å². The van der Waals surface area contributed by atoms with Crippen LogP contribution in [0.5, 0.6) is 0 Å². The van der Waals surface area contributed by atoms with Crippen molar-refractivity contribution in [2.45, 2.75) is 6.42 Å². The molecule has 0 heterocycles. The maximum absolute atomic E-state index is 10.6. The molecule has 1 amide bonds. The Morgan fingerprint density at radius 2 is 2.18 bits per heavy atom. The molecule has 0 aliphatic carbocycles. The van der Waals surface area contributed by atoms with Crippen molar-refractivity contribution in [1.82, 2.24) is 5.32 Å². The van der Waals surface area contributed by atoms with Crippen LogP contribution in [0.1, 0.15) is 6.42 Å². The zero-order valence-corrected chi connectivity index (χ0v) is 6.03. The summed E-state index contributed by atoms with van der Waals surface area (Å²) in [7, 11) is 1.38. The average molecular weight is 159 g/mol. The third-order valence-corrected chi connectivity index (χ3v) is 1.17. The number of carbonyl (C=O) groups is 3. The molecule has 62 valence electrons. The summed E-state index contributed by atoms with van der Waals surface area (Å²) in [4.78, 5) is 30.8. The van der Waals surface area contributed by atoms with Gasteiger partial charge in [-0.2, -0.15) is 0 Å². The van der Waals surface area contributed by atoms with Crippen LogP contribution in [0.2, 0.25) is 0 Å². The fourth-order valence-corrected chi connectivity index (χ4v) is 0.495. The van der Waals surface area contributed by atoms with Crippen molar-refractivity contribution in [2.24, 2.45) is 5.92 Å². The summed E-state index contributed by atoms with van der Waals surface area (Å²) in [6.45, 7) is 0. The molecule has 0 aromatic heterocycles. The van der Waals surface area contributed by atoms with Gasteiger partial charge in [-0.15, -0.1) is 0 Å². The number of aliphatic carboxylic acids is 1. The number of hydrogen-bond acceptors (Lipinski definition) is 3. The van der Waals surface area contributed by atoms with Crippen LogP contribution < -0.4 is 5.32 Å². The maximum Gasteiger partial charge on any atom is 0.314 e. The fraction of sp³-hybridized carbons (Fsp3) is 0.500. The van der Waals surface area contributed by atoms with E-state index in [4.69, 9.17) is 5.11 Å². The highest BCUT2D eigenvalue weighted by Gasteiger charge is 2.19. The first-order chi connectivity index (χ1) is 5.11. The van der Waals surface area contributed by atoms with E-state index < -0.39 is 17.8 Å². The molecule has 0 aliphatic rings. The molecule has 0 fully saturated rings. The molecule has 1 unspecified atom stereocenters. The summed E-state index contributed by atoms with van der Waals surface area (Å²) in [5.74, 6) is -2.96. The molecule has 0 spiro atoms. The molecule has 2 N–H and O–H groups in total. The second-order valence-electron chi connectivity index (χ2n) is 1.96. The number of carboxylic acid groups (broad SMARTS) is 1. The zero-order valence-electron chi connectivity index (χ0n) is 6.03. The average Bonchev–Trinajstić information content (AvgIpc) is 1.99. The van der Waals surface area contributed by atoms with Crippen LogP contribution in [-0.2, 0) is 14.4 Å². The van der Waals surface area contributed by atoms with Crippen molar-refractivity contribution in [1.29, 1.82) is 0 Å². The van der Waals surface area contributed by atoms with E-state index in [0.717, 1.165) is 0 Å². The number of aldehydes is 1. The van der Waals surface area contributed by atoms with Crippen LogP contribution in [0.15, 0.2) is 0 Å². The van der Waals surface area contributed by atoms with Crippen LogP contribution in [0.4, 0.5) is 0 Å². The van der Waals surface area contributed by atoms with Crippen LogP contribution in [0.25, 0.3) is 0 Å². The Morgan fingerprint density at radius 3 is 2.45 bits per heavy atom. The molecule has 11 heavy (non-hydrogen) atoms. The van der Waals surface area contributed by atoms with Gasteiger partial charge in [0.1, 0.15) is 12.2 Å². The lowest BCUT2D eigenvalue weighted by molar-refractivity contribution is -0.145. The number of rotatable bonds is 4. The monoisotopic (exact) mass is 159 g/mol. The van der Waals surface area contributed by atoms with Crippen LogP contribution in [-0.4, -0.2) is 30.3 Å². The zero-order chi connectivity index (χ0) is 8.85. The van der Waals surface area contributed by atoms with Gasteiger partial charge in [-0.05, 0) is 0 Å². The molecule has 5 nitrogen and oxygen atoms in total. The van der Waals surface area contributed by atoms with Gasteiger partial charge in [0, 0.05) is 13.5 Å². The predicted octanol–water partition coefficient (Wildman–Crippen LogP) is -0.978. The van der Waals surface area contributed by atoms with E-state index >= 15 is 0 Å². The van der Waals surface area contributed by atoms with Gasteiger partial charge in [0.05, 0.1) is 0 Å². The molecule has 0 aliphatic heterocycles. The molecule has 5 heteroatoms. The molecule has 0 rings (SSSR count). The van der Waals surface area contributed by atoms with Crippen molar-refractivity contribution < 1.29 is 19.5 Å². The van der Waals surface area contributed by atoms with E-state index in [1.54, 1.807) is 0 Å². The van der Waals surface area contributed by atoms with Gasteiger partial charge < -0.3 is 15.2 Å². The molecule has 0 radical (unpaired) electrons. The Kier molecular flexibility index (Phi) is 3.87. The van der Waals surface area contributed by atoms with Gasteiger partial charge in [-0.3, -0.25) is 9.59 Å². The molecule has 1 atom stereocenters. The Morgan fingerprint density at radius 1 is 1.64 bits per heavy atom. The van der Waals surface area contributed by atoms with Gasteiger partial charge in [0.25, 0.3) is 0 Å². The normalized spacial score (nSPS) is 11.7. The Bertz CT molecular complexity index is 177. The molecule has 0 aromatic carbocycles. The van der Waals surface area contributed by atoms with Crippen molar-refractivity contribution in [3.63, 3.8) is 0 Å². The first-order valence-corrected chi connectivity index (χ1v) is 3.00. The van der Waals surface area contributed by atoms with Crippen LogP contribution in [0, 0.1) is 5.92 Å². The quantitative estimate of drug-likeness (QED) is 0.408. The number of carbonyl (C=O) groups excluding carboxylic acids is 2. The number of nitrogens with one attached hydrogen (secondary N) is 1. The van der Waals surface area contributed by atoms with E-state index in [0.29, 0.717) is 0 Å². The lowest BCUT2D eigenvalue weighted by Gasteiger charge is -2.01. The summed E-state index contributed by atoms with van der Waals surface area (Å²) in [6, 6.07) is 0. The highest BCUT2D eigenvalue weighted by molar-refractivity contribution is 5.92. The topological polar surface area (TPSA) is 83.5 Å². The second-order valence-corrected chi connectivity index (χ2v) is 1.96. The van der Waals surface area contributed by atoms with Crippen molar-refractivity contribution >= 4 is 18.2 Å². The molecule has 0 aromatic rings. The lowest BCUT2D eigenvalue weighted by Crippen LogP contribution is -2.26. The third kappa shape index (κ3) is 3.34. The summed E-state index contributed by atoms with van der Waals surface area (Å²) in [5, 5.41) is 10.5. The SMILES string of the molecule is CNC(=O)CC(C=O)C(=O)O. The first-order valence-electron chi connectivity index (χ1n) is 3.00. The predicted molar refractivity (Wildman–Crippen MR) is 35.9 cm³/mol. The highest BCUT2D eigenvalue weighted by Crippen LogP contribution is 1.98. The van der Waals surface area contributed by atoms with E-state index in [1.807, 2.05) is 0 Å². The summed E-state index contributed by atoms with van der Waals surface area (Å²) in [6.07, 6.45) is -0.0487. The smallest absolute Gasteiger partial charge is 0.314 e. The molecule has 0 bridgehead atoms. The first kappa shape index (κ1) is 9.61. The molecule has 0 saturated heterocycles. The van der Waals surface area contributed by atoms with E-state index in [1.165, 1.54) is 7.05 Å². The summed E-state index contributed by atoms with van der Waals surface area (Å²) >= 11 is 0. The Balaban J connectivity index is 3.98. The van der Waals surface area contributed by atoms with E-state index in [2.05, 4.69) is 5.32 Å². The summed E-state index contributed by atoms with van der Waals surface area (Å²) in [5.41, 5.74) is 0. The third-order valence-electron chi connectivity index (χ3n) is 1.17. The molecular formula is C6H9NO4. The van der Waals surface area contributed by atoms with E-state index in [-0.39, 0.29) is 12.7 Å². The minimum Gasteiger partial charge on any atom is -0.481 e. The van der Waals surface area contributed by atoms with Crippen molar-refractivity contribution in [3.8, 4) is 0 Å². The second kappa shape index (κ2) is 4.43. The van der Waals surface area contributed by atoms with E-state index in [9.17, 15) is 14.4 Å². The Hall–Kier alpha value is -1.39. The molecular weight excluding hydrogens is 150 g/mol. The summed E-state index contributed by atoms with van der Waals surface area (Å²) < 4.78 is 0. The maximum atomic E-state index is 10.6. The fourth-order valence-electron chi connectivity index (χ4n) is 0.495. The van der Waals surface area contributed by atoms with Crippen LogP contribution in [0.3, 0.4) is 0 Å². The molecule has 0 saturated carbocycles. The van der Waals surface area contributed by atoms with Gasteiger partial charge in [-0.1, -0.05) is 0 Å². The van der Waals surface area contributed by atoms with Crippen LogP contribution >= 0.6 is 0 Å². The number of hydrogen-bond donors (Lipinski definition) is 2. The van der Waals surface area contributed by atoms with Gasteiger partial charge in [0.15, 0.2) is 0 Å².